The number of rotatable bonds is 3. The largest absolute Gasteiger partial charge is 0.0743 e. The van der Waals surface area contributed by atoms with E-state index in [0.717, 1.165) is 0 Å². The van der Waals surface area contributed by atoms with E-state index >= 15 is 0 Å². The van der Waals surface area contributed by atoms with Gasteiger partial charge in [0.05, 0.1) is 0 Å². The number of hydrogen-bond acceptors (Lipinski definition) is 0. The Bertz CT molecular complexity index is 1890. The van der Waals surface area contributed by atoms with E-state index in [9.17, 15) is 0 Å². The fourth-order valence-electron chi connectivity index (χ4n) is 6.52. The van der Waals surface area contributed by atoms with E-state index in [1.165, 1.54) is 71.0 Å². The summed E-state index contributed by atoms with van der Waals surface area (Å²) in [6, 6.07) is 31.4. The van der Waals surface area contributed by atoms with Gasteiger partial charge in [0.15, 0.2) is 0 Å². The van der Waals surface area contributed by atoms with Crippen molar-refractivity contribution in [2.45, 2.75) is 66.2 Å². The first-order chi connectivity index (χ1) is 19.4. The smallest absolute Gasteiger partial charge is 0.000176 e. The average molecular weight is 534 g/mol. The zero-order valence-electron chi connectivity index (χ0n) is 25.8. The molecule has 205 valence electrons. The van der Waals surface area contributed by atoms with Crippen LogP contribution in [0, 0.1) is 16.4 Å². The molecule has 1 radical (unpaired) electrons. The first-order valence-electron chi connectivity index (χ1n) is 15.0. The fourth-order valence-corrected chi connectivity index (χ4v) is 6.52. The third-order valence-corrected chi connectivity index (χ3v) is 8.62. The molecule has 0 fully saturated rings. The molecule has 6 rings (SSSR count). The summed E-state index contributed by atoms with van der Waals surface area (Å²) < 4.78 is 0. The summed E-state index contributed by atoms with van der Waals surface area (Å²) in [5, 5.41) is 5.16. The highest BCUT2D eigenvalue weighted by molar-refractivity contribution is 5.88. The lowest BCUT2D eigenvalue weighted by atomic mass is 9.77. The molecule has 0 amide bonds. The van der Waals surface area contributed by atoms with Crippen LogP contribution in [0.4, 0.5) is 0 Å². The van der Waals surface area contributed by atoms with Crippen LogP contribution in [0.3, 0.4) is 0 Å². The van der Waals surface area contributed by atoms with Crippen molar-refractivity contribution in [3.63, 3.8) is 0 Å². The Labute approximate surface area is 245 Å². The van der Waals surface area contributed by atoms with Gasteiger partial charge < -0.3 is 0 Å². The predicted molar refractivity (Wildman–Crippen MR) is 175 cm³/mol. The van der Waals surface area contributed by atoms with Crippen LogP contribution in [0.25, 0.3) is 17.2 Å². The van der Waals surface area contributed by atoms with Gasteiger partial charge in [-0.2, -0.15) is 0 Å². The van der Waals surface area contributed by atoms with E-state index < -0.39 is 0 Å². The third kappa shape index (κ3) is 4.84. The van der Waals surface area contributed by atoms with Crippen molar-refractivity contribution < 1.29 is 0 Å². The highest BCUT2D eigenvalue weighted by Gasteiger charge is 2.28. The second kappa shape index (κ2) is 9.88. The van der Waals surface area contributed by atoms with Crippen molar-refractivity contribution in [1.82, 2.24) is 0 Å². The topological polar surface area (TPSA) is 0 Å². The normalized spacial score (nSPS) is 16.0. The van der Waals surface area contributed by atoms with E-state index in [2.05, 4.69) is 159 Å². The van der Waals surface area contributed by atoms with Gasteiger partial charge in [0.2, 0.25) is 0 Å². The van der Waals surface area contributed by atoms with Crippen LogP contribution >= 0.6 is 0 Å². The van der Waals surface area contributed by atoms with Crippen molar-refractivity contribution in [3.05, 3.63) is 157 Å². The first kappa shape index (κ1) is 27.3. The summed E-state index contributed by atoms with van der Waals surface area (Å²) in [4.78, 5) is 0. The Morgan fingerprint density at radius 1 is 0.707 bits per heavy atom. The Kier molecular flexibility index (Phi) is 6.57. The lowest BCUT2D eigenvalue weighted by molar-refractivity contribution is 0.584. The standard InChI is InChI=1S/C41H41/c1-26-21-27(2)32(22-26)38-35-23-30-19-20-31(40(3,4)5)24-33(30)34(35)25-36(41(6,7)8)39(38)37(28-15-11-9-12-16-28)29-17-13-10-14-18-29/h9-22,24-25,27H,1-8H3. The van der Waals surface area contributed by atoms with Crippen molar-refractivity contribution in [1.29, 1.82) is 0 Å². The van der Waals surface area contributed by atoms with Crippen LogP contribution in [0.1, 0.15) is 88.8 Å². The van der Waals surface area contributed by atoms with Gasteiger partial charge in [-0.05, 0) is 101 Å². The molecule has 4 aromatic carbocycles. The summed E-state index contributed by atoms with van der Waals surface area (Å²) in [5.41, 5.74) is 11.8. The van der Waals surface area contributed by atoms with Gasteiger partial charge in [0, 0.05) is 5.92 Å². The number of fused-ring (bicyclic) bond motifs is 2. The molecule has 1 atom stereocenters. The van der Waals surface area contributed by atoms with Gasteiger partial charge in [-0.3, -0.25) is 0 Å². The molecule has 4 aromatic rings. The third-order valence-electron chi connectivity index (χ3n) is 8.62. The van der Waals surface area contributed by atoms with Crippen molar-refractivity contribution >= 4 is 17.2 Å². The maximum atomic E-state index is 3.94. The molecule has 0 saturated carbocycles. The van der Waals surface area contributed by atoms with Crippen molar-refractivity contribution in [3.8, 4) is 0 Å². The summed E-state index contributed by atoms with van der Waals surface area (Å²) >= 11 is 0. The van der Waals surface area contributed by atoms with Crippen molar-refractivity contribution in [2.75, 3.05) is 0 Å². The number of benzene rings is 4. The van der Waals surface area contributed by atoms with Crippen LogP contribution in [0.5, 0.6) is 0 Å². The van der Waals surface area contributed by atoms with Crippen LogP contribution in [-0.2, 0) is 10.8 Å². The molecule has 0 heteroatoms. The monoisotopic (exact) mass is 533 g/mol. The average Bonchev–Trinajstić information content (AvgIpc) is 3.46. The van der Waals surface area contributed by atoms with Gasteiger partial charge in [-0.1, -0.05) is 139 Å². The molecule has 41 heavy (non-hydrogen) atoms. The molecule has 2 aliphatic rings. The molecule has 0 bridgehead atoms. The Balaban J connectivity index is 1.92. The predicted octanol–water partition coefficient (Wildman–Crippen LogP) is 8.81. The van der Waals surface area contributed by atoms with E-state index in [1.54, 1.807) is 0 Å². The van der Waals surface area contributed by atoms with E-state index in [1.807, 2.05) is 0 Å². The van der Waals surface area contributed by atoms with E-state index in [-0.39, 0.29) is 10.8 Å². The lowest BCUT2D eigenvalue weighted by Gasteiger charge is -2.26. The minimum atomic E-state index is -0.0802. The fraction of sp³-hybridized carbons (Fsp3) is 0.268. The summed E-state index contributed by atoms with van der Waals surface area (Å²) in [6.07, 6.45) is 8.75. The van der Waals surface area contributed by atoms with Gasteiger partial charge >= 0.3 is 0 Å². The molecule has 0 spiro atoms. The first-order valence-corrected chi connectivity index (χ1v) is 15.0. The molecular weight excluding hydrogens is 492 g/mol. The second-order valence-corrected chi connectivity index (χ2v) is 13.9. The molecule has 0 aromatic heterocycles. The Morgan fingerprint density at radius 3 is 1.83 bits per heavy atom. The summed E-state index contributed by atoms with van der Waals surface area (Å²) in [5.74, 6) is 0.330. The number of hydrogen-bond donors (Lipinski definition) is 0. The van der Waals surface area contributed by atoms with Gasteiger partial charge in [-0.25, -0.2) is 0 Å². The minimum absolute atomic E-state index is 0.0802. The zero-order chi connectivity index (χ0) is 29.1. The highest BCUT2D eigenvalue weighted by Crippen LogP contribution is 2.37. The molecule has 0 nitrogen and oxygen atoms in total. The quantitative estimate of drug-likeness (QED) is 0.217. The Morgan fingerprint density at radius 2 is 1.32 bits per heavy atom. The molecule has 1 unspecified atom stereocenters. The summed E-state index contributed by atoms with van der Waals surface area (Å²) in [6.45, 7) is 18.6. The molecule has 0 aliphatic heterocycles. The van der Waals surface area contributed by atoms with Crippen LogP contribution < -0.4 is 10.4 Å². The van der Waals surface area contributed by atoms with Gasteiger partial charge in [0.1, 0.15) is 0 Å². The maximum Gasteiger partial charge on any atom is 0.000176 e. The summed E-state index contributed by atoms with van der Waals surface area (Å²) in [7, 11) is 0. The molecule has 0 saturated heterocycles. The SMILES string of the molecule is CC1=CC(C)C(c2c3c(cc(C(C)(C)C)c2=C(c2ccccc2)c2ccccc2)=c2cc(C(C)(C)C)ccc2=[C]3)=C1. The maximum absolute atomic E-state index is 3.94. The second-order valence-electron chi connectivity index (χ2n) is 13.9. The highest BCUT2D eigenvalue weighted by atomic mass is 14.3. The molecule has 2 aliphatic carbocycles. The zero-order valence-corrected chi connectivity index (χ0v) is 25.8. The molecular formula is C41H41. The van der Waals surface area contributed by atoms with Gasteiger partial charge in [-0.15, -0.1) is 0 Å². The molecule has 0 heterocycles. The van der Waals surface area contributed by atoms with Crippen LogP contribution in [0.2, 0.25) is 0 Å². The van der Waals surface area contributed by atoms with Crippen LogP contribution in [0.15, 0.2) is 103 Å². The van der Waals surface area contributed by atoms with Crippen molar-refractivity contribution in [2.24, 2.45) is 5.92 Å². The lowest BCUT2D eigenvalue weighted by Crippen LogP contribution is -2.29. The minimum Gasteiger partial charge on any atom is -0.0743 e. The van der Waals surface area contributed by atoms with E-state index in [4.69, 9.17) is 0 Å². The van der Waals surface area contributed by atoms with Gasteiger partial charge in [0.25, 0.3) is 0 Å². The van der Waals surface area contributed by atoms with E-state index in [0.29, 0.717) is 5.92 Å². The van der Waals surface area contributed by atoms with Crippen LogP contribution in [-0.4, -0.2) is 0 Å². The number of allylic oxidation sites excluding steroid dienone is 4. The Hall–Kier alpha value is -3.90. The molecule has 0 N–H and O–H groups in total.